The highest BCUT2D eigenvalue weighted by atomic mass is 16.5. The van der Waals surface area contributed by atoms with Crippen molar-refractivity contribution in [2.24, 2.45) is 0 Å². The van der Waals surface area contributed by atoms with Crippen LogP contribution in [0.1, 0.15) is 25.3 Å². The SMILES string of the molecule is CCCC(COC)NCc1ccc2cnccc2c1. The molecule has 1 atom stereocenters. The summed E-state index contributed by atoms with van der Waals surface area (Å²) in [6.45, 7) is 3.85. The molecular weight excluding hydrogens is 236 g/mol. The Morgan fingerprint density at radius 2 is 2.16 bits per heavy atom. The van der Waals surface area contributed by atoms with Gasteiger partial charge in [-0.2, -0.15) is 0 Å². The summed E-state index contributed by atoms with van der Waals surface area (Å²) in [5.74, 6) is 0. The van der Waals surface area contributed by atoms with Gasteiger partial charge in [0.1, 0.15) is 0 Å². The average molecular weight is 258 g/mol. The van der Waals surface area contributed by atoms with Crippen LogP contribution in [-0.2, 0) is 11.3 Å². The number of nitrogens with one attached hydrogen (secondary N) is 1. The lowest BCUT2D eigenvalue weighted by Crippen LogP contribution is -2.32. The largest absolute Gasteiger partial charge is 0.383 e. The molecule has 1 aromatic carbocycles. The number of fused-ring (bicyclic) bond motifs is 1. The van der Waals surface area contributed by atoms with Crippen LogP contribution in [0, 0.1) is 0 Å². The number of nitrogens with zero attached hydrogens (tertiary/aromatic N) is 1. The Labute approximate surface area is 115 Å². The number of benzene rings is 1. The van der Waals surface area contributed by atoms with Crippen molar-refractivity contribution in [3.05, 3.63) is 42.2 Å². The summed E-state index contributed by atoms with van der Waals surface area (Å²) in [5, 5.41) is 5.99. The van der Waals surface area contributed by atoms with Gasteiger partial charge in [0.15, 0.2) is 0 Å². The van der Waals surface area contributed by atoms with Crippen LogP contribution >= 0.6 is 0 Å². The predicted molar refractivity (Wildman–Crippen MR) is 79.2 cm³/mol. The fourth-order valence-electron chi connectivity index (χ4n) is 2.30. The summed E-state index contributed by atoms with van der Waals surface area (Å²) in [6, 6.07) is 9.00. The Morgan fingerprint density at radius 3 is 2.95 bits per heavy atom. The van der Waals surface area contributed by atoms with E-state index in [1.54, 1.807) is 7.11 Å². The van der Waals surface area contributed by atoms with E-state index in [2.05, 4.69) is 41.5 Å². The van der Waals surface area contributed by atoms with Gasteiger partial charge in [-0.1, -0.05) is 25.5 Å². The summed E-state index contributed by atoms with van der Waals surface area (Å²) < 4.78 is 5.24. The molecule has 1 heterocycles. The first kappa shape index (κ1) is 14.0. The molecule has 0 amide bonds. The maximum Gasteiger partial charge on any atom is 0.0615 e. The van der Waals surface area contributed by atoms with Crippen molar-refractivity contribution in [3.8, 4) is 0 Å². The molecule has 0 fully saturated rings. The van der Waals surface area contributed by atoms with Crippen molar-refractivity contribution in [2.75, 3.05) is 13.7 Å². The minimum absolute atomic E-state index is 0.433. The van der Waals surface area contributed by atoms with E-state index in [1.165, 1.54) is 22.8 Å². The Kier molecular flexibility index (Phi) is 5.31. The number of hydrogen-bond acceptors (Lipinski definition) is 3. The molecule has 0 bridgehead atoms. The first-order valence-corrected chi connectivity index (χ1v) is 6.88. The maximum atomic E-state index is 5.24. The predicted octanol–water partition coefficient (Wildman–Crippen LogP) is 3.14. The summed E-state index contributed by atoms with van der Waals surface area (Å²) in [6.07, 6.45) is 6.05. The number of hydrogen-bond donors (Lipinski definition) is 1. The molecule has 0 aliphatic rings. The molecule has 0 saturated heterocycles. The molecule has 102 valence electrons. The Hall–Kier alpha value is -1.45. The molecule has 0 spiro atoms. The van der Waals surface area contributed by atoms with E-state index in [9.17, 15) is 0 Å². The minimum atomic E-state index is 0.433. The third kappa shape index (κ3) is 4.01. The average Bonchev–Trinajstić information content (AvgIpc) is 2.45. The van der Waals surface area contributed by atoms with Gasteiger partial charge in [-0.15, -0.1) is 0 Å². The molecule has 1 N–H and O–H groups in total. The monoisotopic (exact) mass is 258 g/mol. The smallest absolute Gasteiger partial charge is 0.0615 e. The quantitative estimate of drug-likeness (QED) is 0.828. The van der Waals surface area contributed by atoms with E-state index < -0.39 is 0 Å². The molecule has 0 radical (unpaired) electrons. The molecule has 2 rings (SSSR count). The van der Waals surface area contributed by atoms with Crippen LogP contribution in [0.5, 0.6) is 0 Å². The topological polar surface area (TPSA) is 34.1 Å². The van der Waals surface area contributed by atoms with Gasteiger partial charge in [-0.05, 0) is 29.5 Å². The van der Waals surface area contributed by atoms with Crippen LogP contribution < -0.4 is 5.32 Å². The first-order valence-electron chi connectivity index (χ1n) is 6.88. The van der Waals surface area contributed by atoms with Crippen molar-refractivity contribution in [3.63, 3.8) is 0 Å². The fourth-order valence-corrected chi connectivity index (χ4v) is 2.30. The zero-order valence-corrected chi connectivity index (χ0v) is 11.7. The number of methoxy groups -OCH3 is 1. The standard InChI is InChI=1S/C16H22N2O/c1-3-4-16(12-19-2)18-10-13-5-6-15-11-17-8-7-14(15)9-13/h5-9,11,16,18H,3-4,10,12H2,1-2H3. The van der Waals surface area contributed by atoms with E-state index in [0.29, 0.717) is 6.04 Å². The molecule has 3 heteroatoms. The van der Waals surface area contributed by atoms with E-state index in [-0.39, 0.29) is 0 Å². The molecule has 0 aliphatic carbocycles. The van der Waals surface area contributed by atoms with Gasteiger partial charge in [0.2, 0.25) is 0 Å². The molecule has 0 aliphatic heterocycles. The van der Waals surface area contributed by atoms with Crippen molar-refractivity contribution in [1.82, 2.24) is 10.3 Å². The zero-order chi connectivity index (χ0) is 13.5. The molecule has 0 saturated carbocycles. The van der Waals surface area contributed by atoms with E-state index in [1.807, 2.05) is 12.4 Å². The molecule has 2 aromatic rings. The highest BCUT2D eigenvalue weighted by Crippen LogP contribution is 2.14. The lowest BCUT2D eigenvalue weighted by molar-refractivity contribution is 0.161. The minimum Gasteiger partial charge on any atom is -0.383 e. The van der Waals surface area contributed by atoms with Crippen molar-refractivity contribution >= 4 is 10.8 Å². The van der Waals surface area contributed by atoms with Crippen LogP contribution in [0.2, 0.25) is 0 Å². The molecule has 3 nitrogen and oxygen atoms in total. The summed E-state index contributed by atoms with van der Waals surface area (Å²) in [5.41, 5.74) is 1.30. The van der Waals surface area contributed by atoms with Gasteiger partial charge in [0, 0.05) is 37.5 Å². The van der Waals surface area contributed by atoms with E-state index in [0.717, 1.165) is 19.6 Å². The van der Waals surface area contributed by atoms with Gasteiger partial charge < -0.3 is 10.1 Å². The summed E-state index contributed by atoms with van der Waals surface area (Å²) in [7, 11) is 1.76. The third-order valence-corrected chi connectivity index (χ3v) is 3.30. The molecule has 1 unspecified atom stereocenters. The van der Waals surface area contributed by atoms with E-state index in [4.69, 9.17) is 4.74 Å². The van der Waals surface area contributed by atoms with Crippen molar-refractivity contribution in [1.29, 1.82) is 0 Å². The van der Waals surface area contributed by atoms with Crippen molar-refractivity contribution < 1.29 is 4.74 Å². The number of rotatable bonds is 7. The molecule has 19 heavy (non-hydrogen) atoms. The van der Waals surface area contributed by atoms with Gasteiger partial charge in [0.05, 0.1) is 6.61 Å². The van der Waals surface area contributed by atoms with Gasteiger partial charge in [-0.3, -0.25) is 4.98 Å². The van der Waals surface area contributed by atoms with Gasteiger partial charge >= 0.3 is 0 Å². The lowest BCUT2D eigenvalue weighted by Gasteiger charge is -2.17. The summed E-state index contributed by atoms with van der Waals surface area (Å²) >= 11 is 0. The highest BCUT2D eigenvalue weighted by molar-refractivity contribution is 5.81. The molecular formula is C16H22N2O. The number of ether oxygens (including phenoxy) is 1. The van der Waals surface area contributed by atoms with Crippen molar-refractivity contribution in [2.45, 2.75) is 32.4 Å². The second-order valence-corrected chi connectivity index (χ2v) is 4.88. The second kappa shape index (κ2) is 7.22. The molecule has 1 aromatic heterocycles. The lowest BCUT2D eigenvalue weighted by atomic mass is 10.1. The Balaban J connectivity index is 2.00. The fraction of sp³-hybridized carbons (Fsp3) is 0.438. The first-order chi connectivity index (χ1) is 9.33. The normalized spacial score (nSPS) is 12.7. The van der Waals surface area contributed by atoms with Crippen LogP contribution in [0.4, 0.5) is 0 Å². The maximum absolute atomic E-state index is 5.24. The van der Waals surface area contributed by atoms with Crippen LogP contribution in [-0.4, -0.2) is 24.7 Å². The Morgan fingerprint density at radius 1 is 1.26 bits per heavy atom. The van der Waals surface area contributed by atoms with E-state index >= 15 is 0 Å². The number of pyridine rings is 1. The van der Waals surface area contributed by atoms with Crippen LogP contribution in [0.3, 0.4) is 0 Å². The Bertz CT molecular complexity index is 507. The van der Waals surface area contributed by atoms with Crippen LogP contribution in [0.25, 0.3) is 10.8 Å². The second-order valence-electron chi connectivity index (χ2n) is 4.88. The summed E-state index contributed by atoms with van der Waals surface area (Å²) in [4.78, 5) is 4.13. The zero-order valence-electron chi connectivity index (χ0n) is 11.7. The van der Waals surface area contributed by atoms with Gasteiger partial charge in [0.25, 0.3) is 0 Å². The highest BCUT2D eigenvalue weighted by Gasteiger charge is 2.06. The van der Waals surface area contributed by atoms with Crippen LogP contribution in [0.15, 0.2) is 36.7 Å². The third-order valence-electron chi connectivity index (χ3n) is 3.30. The van der Waals surface area contributed by atoms with Gasteiger partial charge in [-0.25, -0.2) is 0 Å². The number of aromatic nitrogens is 1.